The molecule has 2 bridgehead atoms. The lowest BCUT2D eigenvalue weighted by atomic mass is 9.39. The van der Waals surface area contributed by atoms with Crippen molar-refractivity contribution in [2.75, 3.05) is 25.0 Å². The second-order valence-corrected chi connectivity index (χ2v) is 15.9. The Morgan fingerprint density at radius 2 is 1.70 bits per heavy atom. The van der Waals surface area contributed by atoms with E-state index in [0.29, 0.717) is 35.5 Å². The molecule has 4 fully saturated rings. The molecule has 1 N–H and O–H groups in total. The summed E-state index contributed by atoms with van der Waals surface area (Å²) in [6, 6.07) is 14.9. The van der Waals surface area contributed by atoms with E-state index in [1.54, 1.807) is 16.4 Å². The summed E-state index contributed by atoms with van der Waals surface area (Å²) in [4.78, 5) is 13.1. The molecule has 8 heteroatoms. The fourth-order valence-electron chi connectivity index (χ4n) is 7.00. The van der Waals surface area contributed by atoms with Gasteiger partial charge in [0.25, 0.3) is 0 Å². The van der Waals surface area contributed by atoms with Crippen LogP contribution in [-0.4, -0.2) is 38.5 Å². The minimum atomic E-state index is -3.65. The second-order valence-electron chi connectivity index (χ2n) is 12.8. The van der Waals surface area contributed by atoms with Gasteiger partial charge in [0.15, 0.2) is 0 Å². The van der Waals surface area contributed by atoms with Crippen LogP contribution in [-0.2, 0) is 20.2 Å². The van der Waals surface area contributed by atoms with Crippen molar-refractivity contribution >= 4 is 44.4 Å². The van der Waals surface area contributed by atoms with Gasteiger partial charge in [-0.3, -0.25) is 5.32 Å². The molecular formula is C29H37IN2O4S. The second kappa shape index (κ2) is 9.23. The Labute approximate surface area is 234 Å². The summed E-state index contributed by atoms with van der Waals surface area (Å²) in [7, 11) is -3.65. The van der Waals surface area contributed by atoms with Crippen LogP contribution in [0.5, 0.6) is 0 Å². The molecular weight excluding hydrogens is 599 g/mol. The molecule has 1 saturated heterocycles. The van der Waals surface area contributed by atoms with Gasteiger partial charge in [-0.25, -0.2) is 13.2 Å². The zero-order valence-electron chi connectivity index (χ0n) is 22.3. The summed E-state index contributed by atoms with van der Waals surface area (Å²) in [5.74, 6) is 1.09. The molecule has 2 aromatic rings. The van der Waals surface area contributed by atoms with Crippen LogP contribution >= 0.6 is 22.6 Å². The Hall–Kier alpha value is -1.65. The molecule has 4 aliphatic rings. The van der Waals surface area contributed by atoms with Crippen LogP contribution in [0.3, 0.4) is 0 Å². The zero-order valence-corrected chi connectivity index (χ0v) is 25.2. The molecule has 1 heterocycles. The Morgan fingerprint density at radius 3 is 2.30 bits per heavy atom. The third-order valence-electron chi connectivity index (χ3n) is 9.36. The maximum absolute atomic E-state index is 13.8. The predicted octanol–water partition coefficient (Wildman–Crippen LogP) is 6.51. The lowest BCUT2D eigenvalue weighted by Gasteiger charge is -2.66. The first-order chi connectivity index (χ1) is 17.2. The molecule has 4 atom stereocenters. The van der Waals surface area contributed by atoms with Gasteiger partial charge >= 0.3 is 6.09 Å². The van der Waals surface area contributed by atoms with Gasteiger partial charge < -0.3 is 4.74 Å². The first kappa shape index (κ1) is 26.9. The number of halogens is 1. The number of carbonyl (C=O) groups excluding carboxylic acids is 1. The van der Waals surface area contributed by atoms with E-state index in [4.69, 9.17) is 4.74 Å². The standard InChI is InChI=1S/C29H37IN2O4S/c1-27(2,3)19-6-12-24(13-7-19)37(34,35)32-16-21-14-20-15-25(28(20,4)5)29(21,17-32)18-36-26(33)31-23-10-8-22(30)9-11-23/h6-13,20-21,25H,14-18H2,1-5H3,(H,31,33)/t20-,21+,25+,29+/m0/s1. The number of anilines is 1. The molecule has 3 aliphatic carbocycles. The Morgan fingerprint density at radius 1 is 1.05 bits per heavy atom. The fourth-order valence-corrected chi connectivity index (χ4v) is 8.92. The molecule has 37 heavy (non-hydrogen) atoms. The number of carbonyl (C=O) groups is 1. The average molecular weight is 637 g/mol. The van der Waals surface area contributed by atoms with E-state index in [0.717, 1.165) is 22.0 Å². The monoisotopic (exact) mass is 636 g/mol. The van der Waals surface area contributed by atoms with Crippen LogP contribution in [0.4, 0.5) is 10.5 Å². The van der Waals surface area contributed by atoms with E-state index in [1.807, 2.05) is 36.4 Å². The smallest absolute Gasteiger partial charge is 0.411 e. The highest BCUT2D eigenvalue weighted by molar-refractivity contribution is 14.1. The minimum Gasteiger partial charge on any atom is -0.449 e. The summed E-state index contributed by atoms with van der Waals surface area (Å²) < 4.78 is 36.1. The number of ether oxygens (including phenoxy) is 1. The minimum absolute atomic E-state index is 0.0440. The summed E-state index contributed by atoms with van der Waals surface area (Å²) in [6.07, 6.45) is 1.55. The van der Waals surface area contributed by atoms with Gasteiger partial charge in [0.1, 0.15) is 6.61 Å². The number of hydrogen-bond donors (Lipinski definition) is 1. The number of nitrogens with one attached hydrogen (secondary N) is 1. The summed E-state index contributed by atoms with van der Waals surface area (Å²) in [5.41, 5.74) is 1.48. The van der Waals surface area contributed by atoms with Crippen molar-refractivity contribution in [3.63, 3.8) is 0 Å². The van der Waals surface area contributed by atoms with E-state index in [1.165, 1.54) is 0 Å². The highest BCUT2D eigenvalue weighted by Gasteiger charge is 2.68. The highest BCUT2D eigenvalue weighted by Crippen LogP contribution is 2.69. The highest BCUT2D eigenvalue weighted by atomic mass is 127. The Balaban J connectivity index is 1.37. The average Bonchev–Trinajstić information content (AvgIpc) is 3.24. The van der Waals surface area contributed by atoms with E-state index in [9.17, 15) is 13.2 Å². The number of hydrogen-bond acceptors (Lipinski definition) is 4. The third-order valence-corrected chi connectivity index (χ3v) is 11.9. The molecule has 6 nitrogen and oxygen atoms in total. The number of amides is 1. The van der Waals surface area contributed by atoms with Crippen molar-refractivity contribution in [3.05, 3.63) is 57.7 Å². The van der Waals surface area contributed by atoms with Gasteiger partial charge in [0.2, 0.25) is 10.0 Å². The maximum Gasteiger partial charge on any atom is 0.411 e. The van der Waals surface area contributed by atoms with Gasteiger partial charge in [-0.05, 0) is 106 Å². The Bertz CT molecular complexity index is 1280. The number of nitrogens with zero attached hydrogens (tertiary/aromatic N) is 1. The van der Waals surface area contributed by atoms with Crippen molar-refractivity contribution in [2.24, 2.45) is 28.6 Å². The summed E-state index contributed by atoms with van der Waals surface area (Å²) >= 11 is 2.22. The quantitative estimate of drug-likeness (QED) is 0.380. The third kappa shape index (κ3) is 4.71. The van der Waals surface area contributed by atoms with Gasteiger partial charge in [-0.1, -0.05) is 46.8 Å². The van der Waals surface area contributed by atoms with Crippen molar-refractivity contribution < 1.29 is 17.9 Å². The van der Waals surface area contributed by atoms with Crippen LogP contribution in [0.1, 0.15) is 53.0 Å². The molecule has 0 aromatic heterocycles. The summed E-state index contributed by atoms with van der Waals surface area (Å²) in [6.45, 7) is 12.0. The number of sulfonamides is 1. The normalized spacial score (nSPS) is 28.8. The molecule has 0 spiro atoms. The van der Waals surface area contributed by atoms with Crippen molar-refractivity contribution in [3.8, 4) is 0 Å². The molecule has 200 valence electrons. The number of benzene rings is 2. The fraction of sp³-hybridized carbons (Fsp3) is 0.552. The van der Waals surface area contributed by atoms with Gasteiger partial charge in [-0.15, -0.1) is 0 Å². The molecule has 3 saturated carbocycles. The lowest BCUT2D eigenvalue weighted by molar-refractivity contribution is -0.186. The van der Waals surface area contributed by atoms with E-state index < -0.39 is 16.1 Å². The van der Waals surface area contributed by atoms with Crippen LogP contribution in [0, 0.1) is 32.2 Å². The van der Waals surface area contributed by atoms with Crippen molar-refractivity contribution in [2.45, 2.75) is 57.8 Å². The topological polar surface area (TPSA) is 75.7 Å². The van der Waals surface area contributed by atoms with E-state index in [-0.39, 0.29) is 28.8 Å². The molecule has 0 radical (unpaired) electrons. The molecule has 1 amide bonds. The lowest BCUT2D eigenvalue weighted by Crippen LogP contribution is -2.63. The molecule has 0 unspecified atom stereocenters. The molecule has 2 aromatic carbocycles. The molecule has 1 aliphatic heterocycles. The summed E-state index contributed by atoms with van der Waals surface area (Å²) in [5, 5.41) is 2.82. The largest absolute Gasteiger partial charge is 0.449 e. The van der Waals surface area contributed by atoms with Crippen LogP contribution in [0.15, 0.2) is 53.4 Å². The van der Waals surface area contributed by atoms with Crippen molar-refractivity contribution in [1.82, 2.24) is 4.31 Å². The zero-order chi connectivity index (χ0) is 26.8. The van der Waals surface area contributed by atoms with Gasteiger partial charge in [0, 0.05) is 27.8 Å². The first-order valence-corrected chi connectivity index (χ1v) is 15.6. The van der Waals surface area contributed by atoms with Gasteiger partial charge in [0.05, 0.1) is 4.90 Å². The van der Waals surface area contributed by atoms with E-state index >= 15 is 0 Å². The van der Waals surface area contributed by atoms with Crippen molar-refractivity contribution in [1.29, 1.82) is 0 Å². The first-order valence-electron chi connectivity index (χ1n) is 13.0. The molecule has 6 rings (SSSR count). The Kier molecular flexibility index (Phi) is 6.72. The SMILES string of the molecule is CC(C)(C)c1ccc(S(=O)(=O)N2C[C@H]3C[C@H]4C[C@H](C4(C)C)[C@@]3(COC(=O)Nc3ccc(I)cc3)C2)cc1. The van der Waals surface area contributed by atoms with E-state index in [2.05, 4.69) is 62.5 Å². The predicted molar refractivity (Wildman–Crippen MR) is 154 cm³/mol. The van der Waals surface area contributed by atoms with Crippen LogP contribution in [0.25, 0.3) is 0 Å². The van der Waals surface area contributed by atoms with Crippen LogP contribution < -0.4 is 5.32 Å². The van der Waals surface area contributed by atoms with Gasteiger partial charge in [-0.2, -0.15) is 4.31 Å². The van der Waals surface area contributed by atoms with Crippen LogP contribution in [0.2, 0.25) is 0 Å². The number of rotatable bonds is 5. The maximum atomic E-state index is 13.8.